The summed E-state index contributed by atoms with van der Waals surface area (Å²) in [6, 6.07) is 3.81. The fourth-order valence-corrected chi connectivity index (χ4v) is 2.57. The molecule has 18 heavy (non-hydrogen) atoms. The van der Waals surface area contributed by atoms with Crippen molar-refractivity contribution in [2.24, 2.45) is 0 Å². The van der Waals surface area contributed by atoms with E-state index in [1.807, 2.05) is 0 Å². The number of carbonyl (C=O) groups excluding carboxylic acids is 1. The van der Waals surface area contributed by atoms with Gasteiger partial charge in [0.05, 0.1) is 10.6 Å². The summed E-state index contributed by atoms with van der Waals surface area (Å²) in [5, 5.41) is 11.0. The lowest BCUT2D eigenvalue weighted by Gasteiger charge is -2.18. The molecule has 2 rings (SSSR count). The Morgan fingerprint density at radius 3 is 2.83 bits per heavy atom. The van der Waals surface area contributed by atoms with Gasteiger partial charge in [0.15, 0.2) is 22.2 Å². The number of benzene rings is 1. The zero-order chi connectivity index (χ0) is 13.3. The van der Waals surface area contributed by atoms with Gasteiger partial charge >= 0.3 is 5.97 Å². The van der Waals surface area contributed by atoms with Crippen molar-refractivity contribution in [2.75, 3.05) is 17.7 Å². The number of nitrogens with one attached hydrogen (secondary N) is 1. The third kappa shape index (κ3) is 2.43. The van der Waals surface area contributed by atoms with Crippen LogP contribution in [0.3, 0.4) is 0 Å². The minimum Gasteiger partial charge on any atom is -0.482 e. The molecule has 0 aliphatic carbocycles. The molecule has 96 valence electrons. The van der Waals surface area contributed by atoms with Crippen LogP contribution in [0.25, 0.3) is 0 Å². The second-order valence-electron chi connectivity index (χ2n) is 3.65. The molecule has 1 aliphatic heterocycles. The van der Waals surface area contributed by atoms with Crippen molar-refractivity contribution in [1.82, 2.24) is 0 Å². The smallest absolute Gasteiger partial charge is 0.319 e. The molecule has 0 radical (unpaired) electrons. The highest BCUT2D eigenvalue weighted by atomic mass is 32.2. The summed E-state index contributed by atoms with van der Waals surface area (Å²) in [6.45, 7) is -0.131. The largest absolute Gasteiger partial charge is 0.482 e. The maximum atomic E-state index is 11.7. The molecule has 0 aromatic heterocycles. The zero-order valence-corrected chi connectivity index (χ0v) is 9.86. The van der Waals surface area contributed by atoms with Crippen molar-refractivity contribution < 1.29 is 27.9 Å². The number of carbonyl (C=O) groups is 2. The number of hydrogen-bond donors (Lipinski definition) is 2. The number of ether oxygens (including phenoxy) is 1. The number of amides is 1. The third-order valence-electron chi connectivity index (χ3n) is 2.26. The van der Waals surface area contributed by atoms with E-state index in [2.05, 4.69) is 5.32 Å². The Bertz CT molecular complexity index is 621. The van der Waals surface area contributed by atoms with Crippen LogP contribution in [-0.2, 0) is 19.4 Å². The van der Waals surface area contributed by atoms with Gasteiger partial charge in [0.25, 0.3) is 5.91 Å². The van der Waals surface area contributed by atoms with Crippen molar-refractivity contribution in [3.63, 3.8) is 0 Å². The summed E-state index contributed by atoms with van der Waals surface area (Å²) in [5.41, 5.74) is 0.220. The van der Waals surface area contributed by atoms with Gasteiger partial charge in [-0.25, -0.2) is 8.42 Å². The summed E-state index contributed by atoms with van der Waals surface area (Å²) >= 11 is 0. The lowest BCUT2D eigenvalue weighted by molar-refractivity contribution is -0.134. The quantitative estimate of drug-likeness (QED) is 0.792. The van der Waals surface area contributed by atoms with Crippen LogP contribution < -0.4 is 10.1 Å². The summed E-state index contributed by atoms with van der Waals surface area (Å²) in [5.74, 6) is -2.48. The number of sulfone groups is 1. The predicted octanol–water partition coefficient (Wildman–Crippen LogP) is -0.124. The number of hydrogen-bond acceptors (Lipinski definition) is 5. The van der Waals surface area contributed by atoms with Gasteiger partial charge in [-0.3, -0.25) is 9.59 Å². The SMILES string of the molecule is O=C(O)CS(=O)(=O)c1ccc2c(c1)NC(=O)CO2. The molecule has 1 aromatic rings. The van der Waals surface area contributed by atoms with Crippen LogP contribution in [0.1, 0.15) is 0 Å². The summed E-state index contributed by atoms with van der Waals surface area (Å²) < 4.78 is 28.4. The minimum absolute atomic E-state index is 0.131. The average molecular weight is 271 g/mol. The van der Waals surface area contributed by atoms with Crippen LogP contribution in [0.15, 0.2) is 23.1 Å². The van der Waals surface area contributed by atoms with Gasteiger partial charge in [-0.15, -0.1) is 0 Å². The molecule has 8 heteroatoms. The number of anilines is 1. The standard InChI is InChI=1S/C10H9NO6S/c12-9-4-17-8-2-1-6(3-7(8)11-9)18(15,16)5-10(13)14/h1-3H,4-5H2,(H,11,12)(H,13,14). The van der Waals surface area contributed by atoms with Crippen LogP contribution in [0, 0.1) is 0 Å². The average Bonchev–Trinajstić information content (AvgIpc) is 2.26. The van der Waals surface area contributed by atoms with E-state index in [1.165, 1.54) is 18.2 Å². The first-order valence-electron chi connectivity index (χ1n) is 4.90. The molecular formula is C10H9NO6S. The molecule has 2 N–H and O–H groups in total. The van der Waals surface area contributed by atoms with Crippen LogP contribution in [0.4, 0.5) is 5.69 Å². The van der Waals surface area contributed by atoms with E-state index < -0.39 is 27.5 Å². The lowest BCUT2D eigenvalue weighted by atomic mass is 10.2. The van der Waals surface area contributed by atoms with Crippen LogP contribution in [-0.4, -0.2) is 37.8 Å². The highest BCUT2D eigenvalue weighted by Crippen LogP contribution is 2.30. The molecule has 0 spiro atoms. The molecule has 1 aromatic carbocycles. The minimum atomic E-state index is -3.92. The van der Waals surface area contributed by atoms with E-state index in [9.17, 15) is 18.0 Å². The third-order valence-corrected chi connectivity index (χ3v) is 3.86. The van der Waals surface area contributed by atoms with Crippen molar-refractivity contribution in [3.8, 4) is 5.75 Å². The second kappa shape index (κ2) is 4.30. The van der Waals surface area contributed by atoms with Gasteiger partial charge < -0.3 is 15.2 Å². The number of fused-ring (bicyclic) bond motifs is 1. The number of rotatable bonds is 3. The van der Waals surface area contributed by atoms with Gasteiger partial charge in [0.1, 0.15) is 5.75 Å². The Morgan fingerprint density at radius 1 is 1.44 bits per heavy atom. The molecule has 0 unspecified atom stereocenters. The highest BCUT2D eigenvalue weighted by molar-refractivity contribution is 7.92. The van der Waals surface area contributed by atoms with Crippen LogP contribution in [0.5, 0.6) is 5.75 Å². The Kier molecular flexibility index (Phi) is 2.95. The van der Waals surface area contributed by atoms with Crippen molar-refractivity contribution in [3.05, 3.63) is 18.2 Å². The van der Waals surface area contributed by atoms with Crippen molar-refractivity contribution >= 4 is 27.4 Å². The summed E-state index contributed by atoms with van der Waals surface area (Å²) in [4.78, 5) is 21.4. The summed E-state index contributed by atoms with van der Waals surface area (Å²) in [7, 11) is -3.92. The zero-order valence-electron chi connectivity index (χ0n) is 9.04. The predicted molar refractivity (Wildman–Crippen MR) is 60.3 cm³/mol. The summed E-state index contributed by atoms with van der Waals surface area (Å²) in [6.07, 6.45) is 0. The fourth-order valence-electron chi connectivity index (χ4n) is 1.50. The van der Waals surface area contributed by atoms with Crippen molar-refractivity contribution in [2.45, 2.75) is 4.90 Å². The van der Waals surface area contributed by atoms with E-state index in [4.69, 9.17) is 9.84 Å². The first-order valence-corrected chi connectivity index (χ1v) is 6.55. The number of aliphatic carboxylic acids is 1. The molecule has 1 amide bonds. The van der Waals surface area contributed by atoms with Gasteiger partial charge in [0.2, 0.25) is 0 Å². The molecule has 1 aliphatic rings. The maximum Gasteiger partial charge on any atom is 0.319 e. The normalized spacial score (nSPS) is 14.3. The maximum absolute atomic E-state index is 11.7. The highest BCUT2D eigenvalue weighted by Gasteiger charge is 2.22. The molecule has 0 bridgehead atoms. The van der Waals surface area contributed by atoms with Gasteiger partial charge in [0, 0.05) is 0 Å². The molecule has 0 saturated heterocycles. The van der Waals surface area contributed by atoms with Crippen LogP contribution in [0.2, 0.25) is 0 Å². The van der Waals surface area contributed by atoms with Gasteiger partial charge in [-0.2, -0.15) is 0 Å². The Balaban J connectivity index is 2.40. The van der Waals surface area contributed by atoms with E-state index >= 15 is 0 Å². The Hall–Kier alpha value is -2.09. The molecule has 0 fully saturated rings. The van der Waals surface area contributed by atoms with E-state index in [1.54, 1.807) is 0 Å². The van der Waals surface area contributed by atoms with E-state index in [0.29, 0.717) is 5.75 Å². The molecule has 7 nitrogen and oxygen atoms in total. The molecular weight excluding hydrogens is 262 g/mol. The van der Waals surface area contributed by atoms with Crippen LogP contribution >= 0.6 is 0 Å². The Morgan fingerprint density at radius 2 is 2.17 bits per heavy atom. The topological polar surface area (TPSA) is 110 Å². The fraction of sp³-hybridized carbons (Fsp3) is 0.200. The lowest BCUT2D eigenvalue weighted by Crippen LogP contribution is -2.25. The van der Waals surface area contributed by atoms with Crippen molar-refractivity contribution in [1.29, 1.82) is 0 Å². The molecule has 0 atom stereocenters. The first-order chi connectivity index (χ1) is 8.38. The number of carboxylic acid groups (broad SMARTS) is 1. The Labute approximate surface area is 102 Å². The monoisotopic (exact) mass is 271 g/mol. The molecule has 1 heterocycles. The first kappa shape index (κ1) is 12.4. The van der Waals surface area contributed by atoms with Gasteiger partial charge in [-0.1, -0.05) is 0 Å². The molecule has 0 saturated carbocycles. The second-order valence-corrected chi connectivity index (χ2v) is 5.64. The van der Waals surface area contributed by atoms with E-state index in [-0.39, 0.29) is 17.2 Å². The van der Waals surface area contributed by atoms with E-state index in [0.717, 1.165) is 0 Å². The van der Waals surface area contributed by atoms with Gasteiger partial charge in [-0.05, 0) is 18.2 Å². The number of carboxylic acids is 1.